The second-order valence-electron chi connectivity index (χ2n) is 5.82. The molecule has 2 nitrogen and oxygen atoms in total. The van der Waals surface area contributed by atoms with Crippen molar-refractivity contribution in [2.45, 2.75) is 50.2 Å². The number of nitrogens with two attached hydrogens (primary N) is 1. The van der Waals surface area contributed by atoms with Crippen molar-refractivity contribution < 1.29 is 4.74 Å². The average molecular weight is 245 g/mol. The molecule has 2 fully saturated rings. The SMILES string of the molecule is COC(C1CC1)C(N)c1ccccc1C1CCC1. The summed E-state index contributed by atoms with van der Waals surface area (Å²) in [5, 5.41) is 0. The van der Waals surface area contributed by atoms with E-state index in [1.54, 1.807) is 7.11 Å². The maximum absolute atomic E-state index is 6.48. The lowest BCUT2D eigenvalue weighted by Crippen LogP contribution is -2.31. The number of ether oxygens (including phenoxy) is 1. The van der Waals surface area contributed by atoms with E-state index in [0.717, 1.165) is 5.92 Å². The van der Waals surface area contributed by atoms with Gasteiger partial charge in [-0.25, -0.2) is 0 Å². The highest BCUT2D eigenvalue weighted by Crippen LogP contribution is 2.43. The third-order valence-electron chi connectivity index (χ3n) is 4.61. The first kappa shape index (κ1) is 12.2. The van der Waals surface area contributed by atoms with Crippen molar-refractivity contribution in [3.05, 3.63) is 35.4 Å². The van der Waals surface area contributed by atoms with Crippen molar-refractivity contribution >= 4 is 0 Å². The molecule has 2 N–H and O–H groups in total. The second-order valence-corrected chi connectivity index (χ2v) is 5.82. The van der Waals surface area contributed by atoms with Crippen molar-refractivity contribution in [1.29, 1.82) is 0 Å². The molecule has 0 amide bonds. The molecule has 0 saturated heterocycles. The quantitative estimate of drug-likeness (QED) is 0.863. The highest BCUT2D eigenvalue weighted by molar-refractivity contribution is 5.35. The topological polar surface area (TPSA) is 35.2 Å². The molecule has 0 radical (unpaired) electrons. The maximum atomic E-state index is 6.48. The molecular formula is C16H23NO. The lowest BCUT2D eigenvalue weighted by atomic mass is 9.76. The molecule has 2 saturated carbocycles. The molecule has 0 aromatic heterocycles. The van der Waals surface area contributed by atoms with Crippen molar-refractivity contribution in [2.75, 3.05) is 7.11 Å². The monoisotopic (exact) mass is 245 g/mol. The van der Waals surface area contributed by atoms with Gasteiger partial charge >= 0.3 is 0 Å². The van der Waals surface area contributed by atoms with Gasteiger partial charge in [-0.3, -0.25) is 0 Å². The molecule has 2 heteroatoms. The Morgan fingerprint density at radius 3 is 2.44 bits per heavy atom. The Labute approximate surface area is 110 Å². The van der Waals surface area contributed by atoms with E-state index in [1.165, 1.54) is 43.2 Å². The van der Waals surface area contributed by atoms with Crippen LogP contribution in [0.3, 0.4) is 0 Å². The van der Waals surface area contributed by atoms with E-state index in [-0.39, 0.29) is 12.1 Å². The Bertz CT molecular complexity index is 409. The number of hydrogen-bond donors (Lipinski definition) is 1. The summed E-state index contributed by atoms with van der Waals surface area (Å²) in [6, 6.07) is 8.75. The third kappa shape index (κ3) is 2.19. The molecule has 2 unspecified atom stereocenters. The number of rotatable bonds is 5. The molecule has 0 heterocycles. The minimum Gasteiger partial charge on any atom is -0.379 e. The van der Waals surface area contributed by atoms with Crippen LogP contribution in [-0.4, -0.2) is 13.2 Å². The van der Waals surface area contributed by atoms with Gasteiger partial charge in [-0.05, 0) is 48.6 Å². The molecule has 1 aromatic rings. The summed E-state index contributed by atoms with van der Waals surface area (Å²) in [7, 11) is 1.80. The number of methoxy groups -OCH3 is 1. The van der Waals surface area contributed by atoms with Crippen molar-refractivity contribution in [2.24, 2.45) is 11.7 Å². The van der Waals surface area contributed by atoms with Gasteiger partial charge in [-0.1, -0.05) is 30.7 Å². The van der Waals surface area contributed by atoms with Crippen LogP contribution >= 0.6 is 0 Å². The molecule has 0 bridgehead atoms. The van der Waals surface area contributed by atoms with E-state index < -0.39 is 0 Å². The molecule has 3 rings (SSSR count). The van der Waals surface area contributed by atoms with E-state index in [1.807, 2.05) is 0 Å². The number of benzene rings is 1. The third-order valence-corrected chi connectivity index (χ3v) is 4.61. The molecule has 98 valence electrons. The summed E-state index contributed by atoms with van der Waals surface area (Å²) in [6.45, 7) is 0. The van der Waals surface area contributed by atoms with Gasteiger partial charge in [0.1, 0.15) is 0 Å². The fraction of sp³-hybridized carbons (Fsp3) is 0.625. The summed E-state index contributed by atoms with van der Waals surface area (Å²) >= 11 is 0. The van der Waals surface area contributed by atoms with Crippen LogP contribution in [0.2, 0.25) is 0 Å². The van der Waals surface area contributed by atoms with Crippen LogP contribution in [0.25, 0.3) is 0 Å². The fourth-order valence-electron chi connectivity index (χ4n) is 3.14. The summed E-state index contributed by atoms with van der Waals surface area (Å²) in [4.78, 5) is 0. The Kier molecular flexibility index (Phi) is 3.40. The van der Waals surface area contributed by atoms with Gasteiger partial charge in [0.15, 0.2) is 0 Å². The normalized spacial score (nSPS) is 23.4. The molecule has 2 aliphatic carbocycles. The summed E-state index contributed by atoms with van der Waals surface area (Å²) in [5.41, 5.74) is 9.27. The molecule has 1 aromatic carbocycles. The Hall–Kier alpha value is -0.860. The maximum Gasteiger partial charge on any atom is 0.0792 e. The average Bonchev–Trinajstić information content (AvgIpc) is 3.13. The van der Waals surface area contributed by atoms with Crippen LogP contribution in [-0.2, 0) is 4.74 Å². The minimum absolute atomic E-state index is 0.0410. The molecule has 2 aliphatic rings. The summed E-state index contributed by atoms with van der Waals surface area (Å²) < 4.78 is 5.65. The van der Waals surface area contributed by atoms with Crippen molar-refractivity contribution in [3.8, 4) is 0 Å². The van der Waals surface area contributed by atoms with E-state index in [9.17, 15) is 0 Å². The molecule has 0 aliphatic heterocycles. The predicted octanol–water partition coefficient (Wildman–Crippen LogP) is 3.38. The molecule has 2 atom stereocenters. The van der Waals surface area contributed by atoms with Gasteiger partial charge in [-0.15, -0.1) is 0 Å². The Morgan fingerprint density at radius 1 is 1.17 bits per heavy atom. The highest BCUT2D eigenvalue weighted by Gasteiger charge is 2.37. The van der Waals surface area contributed by atoms with Gasteiger partial charge in [0.2, 0.25) is 0 Å². The smallest absolute Gasteiger partial charge is 0.0792 e. The minimum atomic E-state index is 0.0410. The summed E-state index contributed by atoms with van der Waals surface area (Å²) in [5.74, 6) is 1.42. The molecular weight excluding hydrogens is 222 g/mol. The summed E-state index contributed by atoms with van der Waals surface area (Å²) in [6.07, 6.45) is 6.77. The standard InChI is InChI=1S/C16H23NO/c1-18-16(12-9-10-12)15(17)14-8-3-2-7-13(14)11-5-4-6-11/h2-3,7-8,11-12,15-16H,4-6,9-10,17H2,1H3. The predicted molar refractivity (Wildman–Crippen MR) is 73.5 cm³/mol. The van der Waals surface area contributed by atoms with E-state index >= 15 is 0 Å². The van der Waals surface area contributed by atoms with Crippen LogP contribution in [0.5, 0.6) is 0 Å². The lowest BCUT2D eigenvalue weighted by molar-refractivity contribution is 0.0619. The van der Waals surface area contributed by atoms with Gasteiger partial charge < -0.3 is 10.5 Å². The first-order valence-corrected chi connectivity index (χ1v) is 7.18. The van der Waals surface area contributed by atoms with E-state index in [2.05, 4.69) is 24.3 Å². The Balaban J connectivity index is 1.85. The zero-order chi connectivity index (χ0) is 12.5. The molecule has 18 heavy (non-hydrogen) atoms. The second kappa shape index (κ2) is 5.02. The first-order chi connectivity index (χ1) is 8.81. The van der Waals surface area contributed by atoms with Crippen LogP contribution in [0.15, 0.2) is 24.3 Å². The zero-order valence-electron chi connectivity index (χ0n) is 11.1. The van der Waals surface area contributed by atoms with Gasteiger partial charge in [0.25, 0.3) is 0 Å². The Morgan fingerprint density at radius 2 is 1.89 bits per heavy atom. The van der Waals surface area contributed by atoms with Gasteiger partial charge in [0.05, 0.1) is 12.1 Å². The molecule has 0 spiro atoms. The van der Waals surface area contributed by atoms with Crippen molar-refractivity contribution in [3.63, 3.8) is 0 Å². The van der Waals surface area contributed by atoms with Crippen LogP contribution < -0.4 is 5.73 Å². The van der Waals surface area contributed by atoms with Gasteiger partial charge in [0, 0.05) is 7.11 Å². The number of hydrogen-bond acceptors (Lipinski definition) is 2. The van der Waals surface area contributed by atoms with E-state index in [0.29, 0.717) is 5.92 Å². The van der Waals surface area contributed by atoms with Crippen molar-refractivity contribution in [1.82, 2.24) is 0 Å². The van der Waals surface area contributed by atoms with Crippen LogP contribution in [0, 0.1) is 5.92 Å². The van der Waals surface area contributed by atoms with E-state index in [4.69, 9.17) is 10.5 Å². The lowest BCUT2D eigenvalue weighted by Gasteiger charge is -2.31. The zero-order valence-corrected chi connectivity index (χ0v) is 11.1. The van der Waals surface area contributed by atoms with Crippen LogP contribution in [0.1, 0.15) is 55.2 Å². The largest absolute Gasteiger partial charge is 0.379 e. The highest BCUT2D eigenvalue weighted by atomic mass is 16.5. The fourth-order valence-corrected chi connectivity index (χ4v) is 3.14. The van der Waals surface area contributed by atoms with Crippen LogP contribution in [0.4, 0.5) is 0 Å². The first-order valence-electron chi connectivity index (χ1n) is 7.18. The van der Waals surface area contributed by atoms with Gasteiger partial charge in [-0.2, -0.15) is 0 Å².